The van der Waals surface area contributed by atoms with Crippen molar-refractivity contribution < 1.29 is 4.79 Å². The summed E-state index contributed by atoms with van der Waals surface area (Å²) in [6.07, 6.45) is 5.11. The Kier molecular flexibility index (Phi) is 4.49. The lowest BCUT2D eigenvalue weighted by molar-refractivity contribution is 0.102. The van der Waals surface area contributed by atoms with Gasteiger partial charge in [-0.1, -0.05) is 48.5 Å². The molecule has 2 aromatic heterocycles. The van der Waals surface area contributed by atoms with Crippen LogP contribution >= 0.6 is 0 Å². The van der Waals surface area contributed by atoms with Gasteiger partial charge in [-0.3, -0.25) is 9.78 Å². The van der Waals surface area contributed by atoms with Crippen LogP contribution in [0.3, 0.4) is 0 Å². The quantitative estimate of drug-likeness (QED) is 0.587. The molecule has 2 heterocycles. The first kappa shape index (κ1) is 16.7. The van der Waals surface area contributed by atoms with Crippen LogP contribution in [0, 0.1) is 6.92 Å². The Hall–Kier alpha value is -3.73. The summed E-state index contributed by atoms with van der Waals surface area (Å²) in [5.74, 6) is -0.216. The summed E-state index contributed by atoms with van der Waals surface area (Å²) in [4.78, 5) is 17.1. The van der Waals surface area contributed by atoms with E-state index in [1.807, 2.05) is 73.7 Å². The maximum Gasteiger partial charge on any atom is 0.259 e. The summed E-state index contributed by atoms with van der Waals surface area (Å²) in [6, 6.07) is 21.3. The van der Waals surface area contributed by atoms with Gasteiger partial charge in [-0.05, 0) is 30.7 Å². The molecular weight excluding hydrogens is 336 g/mol. The molecule has 0 radical (unpaired) electrons. The summed E-state index contributed by atoms with van der Waals surface area (Å²) in [5.41, 5.74) is 4.57. The van der Waals surface area contributed by atoms with Crippen LogP contribution in [-0.4, -0.2) is 20.7 Å². The number of anilines is 1. The van der Waals surface area contributed by atoms with Crippen LogP contribution in [0.4, 0.5) is 5.69 Å². The van der Waals surface area contributed by atoms with Gasteiger partial charge in [-0.15, -0.1) is 0 Å². The van der Waals surface area contributed by atoms with Gasteiger partial charge in [-0.2, -0.15) is 5.10 Å². The van der Waals surface area contributed by atoms with E-state index in [4.69, 9.17) is 0 Å². The average molecular weight is 354 g/mol. The van der Waals surface area contributed by atoms with Crippen molar-refractivity contribution in [2.45, 2.75) is 6.92 Å². The van der Waals surface area contributed by atoms with Gasteiger partial charge in [0.15, 0.2) is 0 Å². The van der Waals surface area contributed by atoms with Gasteiger partial charge in [0.25, 0.3) is 5.91 Å². The molecule has 1 N–H and O–H groups in total. The number of pyridine rings is 1. The van der Waals surface area contributed by atoms with Gasteiger partial charge >= 0.3 is 0 Å². The maximum atomic E-state index is 13.0. The minimum absolute atomic E-state index is 0.216. The zero-order chi connectivity index (χ0) is 18.6. The van der Waals surface area contributed by atoms with Crippen molar-refractivity contribution in [3.63, 3.8) is 0 Å². The van der Waals surface area contributed by atoms with Crippen LogP contribution in [0.15, 0.2) is 85.3 Å². The molecule has 0 saturated heterocycles. The lowest BCUT2D eigenvalue weighted by Gasteiger charge is -2.07. The molecule has 0 aliphatic rings. The Morgan fingerprint density at radius 1 is 0.963 bits per heavy atom. The fourth-order valence-electron chi connectivity index (χ4n) is 2.85. The third-order valence-corrected chi connectivity index (χ3v) is 4.31. The van der Waals surface area contributed by atoms with Gasteiger partial charge < -0.3 is 5.32 Å². The van der Waals surface area contributed by atoms with Gasteiger partial charge in [0.1, 0.15) is 5.69 Å². The smallest absolute Gasteiger partial charge is 0.259 e. The number of hydrogen-bond donors (Lipinski definition) is 1. The normalized spacial score (nSPS) is 10.6. The Labute approximate surface area is 157 Å². The third-order valence-electron chi connectivity index (χ3n) is 4.31. The van der Waals surface area contributed by atoms with E-state index in [9.17, 15) is 4.79 Å². The first-order chi connectivity index (χ1) is 13.2. The molecule has 0 fully saturated rings. The van der Waals surface area contributed by atoms with Crippen LogP contribution in [-0.2, 0) is 0 Å². The van der Waals surface area contributed by atoms with E-state index < -0.39 is 0 Å². The van der Waals surface area contributed by atoms with Gasteiger partial charge in [0, 0.05) is 18.0 Å². The second-order valence-corrected chi connectivity index (χ2v) is 6.18. The summed E-state index contributed by atoms with van der Waals surface area (Å²) in [5, 5.41) is 7.62. The van der Waals surface area contributed by atoms with E-state index in [1.165, 1.54) is 0 Å². The molecule has 4 aromatic rings. The van der Waals surface area contributed by atoms with Crippen molar-refractivity contribution in [2.75, 3.05) is 5.32 Å². The van der Waals surface area contributed by atoms with Crippen molar-refractivity contribution in [2.24, 2.45) is 0 Å². The maximum absolute atomic E-state index is 13.0. The number of nitrogens with zero attached hydrogens (tertiary/aromatic N) is 3. The number of carbonyl (C=O) groups excluding carboxylic acids is 1. The van der Waals surface area contributed by atoms with E-state index in [-0.39, 0.29) is 5.91 Å². The van der Waals surface area contributed by atoms with E-state index in [2.05, 4.69) is 15.4 Å². The molecule has 0 spiro atoms. The first-order valence-corrected chi connectivity index (χ1v) is 8.65. The molecule has 132 valence electrons. The number of nitrogens with one attached hydrogen (secondary N) is 1. The molecule has 0 aliphatic carbocycles. The van der Waals surface area contributed by atoms with Crippen LogP contribution in [0.2, 0.25) is 0 Å². The minimum atomic E-state index is -0.216. The third kappa shape index (κ3) is 3.48. The van der Waals surface area contributed by atoms with Crippen LogP contribution in [0.5, 0.6) is 0 Å². The molecule has 0 bridgehead atoms. The Bertz CT molecular complexity index is 1070. The van der Waals surface area contributed by atoms with E-state index in [0.29, 0.717) is 16.9 Å². The SMILES string of the molecule is Cc1ccncc1NC(=O)c1cn(-c2ccccc2)nc1-c1ccccc1. The second-order valence-electron chi connectivity index (χ2n) is 6.18. The van der Waals surface area contributed by atoms with Gasteiger partial charge in [0.2, 0.25) is 0 Å². The van der Waals surface area contributed by atoms with Crippen LogP contribution in [0.1, 0.15) is 15.9 Å². The molecular formula is C22H18N4O. The van der Waals surface area contributed by atoms with E-state index >= 15 is 0 Å². The first-order valence-electron chi connectivity index (χ1n) is 8.65. The molecule has 0 aliphatic heterocycles. The summed E-state index contributed by atoms with van der Waals surface area (Å²) in [6.45, 7) is 1.93. The van der Waals surface area contributed by atoms with Crippen molar-refractivity contribution >= 4 is 11.6 Å². The summed E-state index contributed by atoms with van der Waals surface area (Å²) >= 11 is 0. The lowest BCUT2D eigenvalue weighted by atomic mass is 10.1. The zero-order valence-electron chi connectivity index (χ0n) is 14.8. The number of para-hydroxylation sites is 1. The number of rotatable bonds is 4. The monoisotopic (exact) mass is 354 g/mol. The predicted molar refractivity (Wildman–Crippen MR) is 106 cm³/mol. The average Bonchev–Trinajstić information content (AvgIpc) is 3.17. The van der Waals surface area contributed by atoms with Crippen molar-refractivity contribution in [3.8, 4) is 16.9 Å². The number of aromatic nitrogens is 3. The largest absolute Gasteiger partial charge is 0.320 e. The fourth-order valence-corrected chi connectivity index (χ4v) is 2.85. The highest BCUT2D eigenvalue weighted by Crippen LogP contribution is 2.25. The number of carbonyl (C=O) groups is 1. The van der Waals surface area contributed by atoms with E-state index in [1.54, 1.807) is 23.3 Å². The number of hydrogen-bond acceptors (Lipinski definition) is 3. The molecule has 27 heavy (non-hydrogen) atoms. The van der Waals surface area contributed by atoms with Gasteiger partial charge in [-0.25, -0.2) is 4.68 Å². The van der Waals surface area contributed by atoms with Crippen LogP contribution < -0.4 is 5.32 Å². The molecule has 0 saturated carbocycles. The fraction of sp³-hybridized carbons (Fsp3) is 0.0455. The summed E-state index contributed by atoms with van der Waals surface area (Å²) < 4.78 is 1.73. The highest BCUT2D eigenvalue weighted by Gasteiger charge is 2.19. The molecule has 0 unspecified atom stereocenters. The number of benzene rings is 2. The topological polar surface area (TPSA) is 59.8 Å². The van der Waals surface area contributed by atoms with Crippen molar-refractivity contribution in [1.82, 2.24) is 14.8 Å². The predicted octanol–water partition coefficient (Wildman–Crippen LogP) is 4.50. The minimum Gasteiger partial charge on any atom is -0.320 e. The Balaban J connectivity index is 1.77. The zero-order valence-corrected chi connectivity index (χ0v) is 14.8. The molecule has 4 rings (SSSR count). The Morgan fingerprint density at radius 3 is 2.37 bits per heavy atom. The standard InChI is InChI=1S/C22H18N4O/c1-16-12-13-23-14-20(16)24-22(27)19-15-26(18-10-6-3-7-11-18)25-21(19)17-8-4-2-5-9-17/h2-15H,1H3,(H,24,27). The Morgan fingerprint density at radius 2 is 1.67 bits per heavy atom. The molecule has 0 atom stereocenters. The van der Waals surface area contributed by atoms with Gasteiger partial charge in [0.05, 0.1) is 23.1 Å². The molecule has 2 aromatic carbocycles. The number of amides is 1. The second kappa shape index (κ2) is 7.25. The summed E-state index contributed by atoms with van der Waals surface area (Å²) in [7, 11) is 0. The highest BCUT2D eigenvalue weighted by molar-refractivity contribution is 6.08. The van der Waals surface area contributed by atoms with Crippen LogP contribution in [0.25, 0.3) is 16.9 Å². The highest BCUT2D eigenvalue weighted by atomic mass is 16.1. The molecule has 5 nitrogen and oxygen atoms in total. The number of aryl methyl sites for hydroxylation is 1. The lowest BCUT2D eigenvalue weighted by Crippen LogP contribution is -2.13. The van der Waals surface area contributed by atoms with Crippen molar-refractivity contribution in [1.29, 1.82) is 0 Å². The van der Waals surface area contributed by atoms with Crippen molar-refractivity contribution in [3.05, 3.63) is 96.4 Å². The van der Waals surface area contributed by atoms with E-state index in [0.717, 1.165) is 16.8 Å². The molecule has 1 amide bonds. The molecule has 5 heteroatoms.